The molecule has 0 aliphatic heterocycles. The van der Waals surface area contributed by atoms with Crippen LogP contribution >= 0.6 is 23.2 Å². The summed E-state index contributed by atoms with van der Waals surface area (Å²) >= 11 is 11.1. The number of ether oxygens (including phenoxy) is 2. The van der Waals surface area contributed by atoms with Gasteiger partial charge in [0.25, 0.3) is 0 Å². The van der Waals surface area contributed by atoms with Gasteiger partial charge in [-0.3, -0.25) is 9.59 Å². The maximum Gasteiger partial charge on any atom is 0.326 e. The van der Waals surface area contributed by atoms with Crippen LogP contribution < -0.4 is 9.47 Å². The van der Waals surface area contributed by atoms with Crippen LogP contribution in [-0.2, 0) is 16.0 Å². The zero-order chi connectivity index (χ0) is 19.6. The Morgan fingerprint density at radius 1 is 0.889 bits per heavy atom. The molecule has 0 fully saturated rings. The Morgan fingerprint density at radius 3 is 1.89 bits per heavy atom. The number of alkyl halides is 2. The fourth-order valence-electron chi connectivity index (χ4n) is 2.47. The highest BCUT2D eigenvalue weighted by atomic mass is 35.5. The number of carbonyl (C=O) groups excluding carboxylic acids is 2. The molecule has 0 aliphatic carbocycles. The number of halogens is 2. The van der Waals surface area contributed by atoms with Crippen LogP contribution in [0.1, 0.15) is 30.0 Å². The monoisotopic (exact) mass is 406 g/mol. The Morgan fingerprint density at radius 2 is 1.41 bits per heavy atom. The average Bonchev–Trinajstić information content (AvgIpc) is 2.69. The average molecular weight is 407 g/mol. The Bertz CT molecular complexity index is 777. The Labute approximate surface area is 168 Å². The van der Waals surface area contributed by atoms with E-state index in [1.807, 2.05) is 49.4 Å². The molecule has 0 heterocycles. The van der Waals surface area contributed by atoms with Gasteiger partial charge in [-0.15, -0.1) is 23.2 Å². The molecule has 2 aromatic carbocycles. The van der Waals surface area contributed by atoms with Crippen molar-refractivity contribution < 1.29 is 19.1 Å². The standard InChI is InChI=1S/C21H20Cl2O4/c1-2-6-17-18(26-20(24)13-22)11-16(12-19(17)27-21(25)14-23)10-9-15-7-4-3-5-8-15/h3-5,7-12H,2,6,13-14H2,1H3. The largest absolute Gasteiger partial charge is 0.425 e. The maximum atomic E-state index is 11.7. The third-order valence-corrected chi connectivity index (χ3v) is 4.06. The molecule has 0 saturated heterocycles. The van der Waals surface area contributed by atoms with Gasteiger partial charge >= 0.3 is 11.9 Å². The van der Waals surface area contributed by atoms with Gasteiger partial charge in [0, 0.05) is 5.56 Å². The van der Waals surface area contributed by atoms with E-state index in [0.29, 0.717) is 29.0 Å². The van der Waals surface area contributed by atoms with E-state index in [1.165, 1.54) is 0 Å². The smallest absolute Gasteiger partial charge is 0.326 e. The van der Waals surface area contributed by atoms with Crippen molar-refractivity contribution in [1.82, 2.24) is 0 Å². The van der Waals surface area contributed by atoms with E-state index in [0.717, 1.165) is 12.0 Å². The summed E-state index contributed by atoms with van der Waals surface area (Å²) < 4.78 is 10.7. The summed E-state index contributed by atoms with van der Waals surface area (Å²) in [5, 5.41) is 0. The molecule has 0 N–H and O–H groups in total. The van der Waals surface area contributed by atoms with Gasteiger partial charge in [-0.25, -0.2) is 0 Å². The van der Waals surface area contributed by atoms with Crippen molar-refractivity contribution in [2.75, 3.05) is 11.8 Å². The number of hydrogen-bond donors (Lipinski definition) is 0. The van der Waals surface area contributed by atoms with E-state index >= 15 is 0 Å². The molecule has 2 rings (SSSR count). The summed E-state index contributed by atoms with van der Waals surface area (Å²) in [6.45, 7) is 1.98. The highest BCUT2D eigenvalue weighted by molar-refractivity contribution is 6.27. The van der Waals surface area contributed by atoms with Crippen molar-refractivity contribution in [1.29, 1.82) is 0 Å². The minimum atomic E-state index is -0.576. The first-order valence-electron chi connectivity index (χ1n) is 8.50. The lowest BCUT2D eigenvalue weighted by atomic mass is 10.0. The van der Waals surface area contributed by atoms with Gasteiger partial charge in [0.2, 0.25) is 0 Å². The van der Waals surface area contributed by atoms with Crippen LogP contribution in [0.15, 0.2) is 42.5 Å². The number of benzene rings is 2. The Balaban J connectivity index is 2.47. The molecule has 6 heteroatoms. The number of rotatable bonds is 8. The third kappa shape index (κ3) is 6.42. The summed E-state index contributed by atoms with van der Waals surface area (Å²) in [6, 6.07) is 13.2. The quantitative estimate of drug-likeness (QED) is 0.265. The number of esters is 2. The van der Waals surface area contributed by atoms with Gasteiger partial charge in [0.1, 0.15) is 23.3 Å². The van der Waals surface area contributed by atoms with Crippen LogP contribution in [-0.4, -0.2) is 23.7 Å². The molecule has 0 bridgehead atoms. The second-order valence-electron chi connectivity index (χ2n) is 5.71. The highest BCUT2D eigenvalue weighted by Crippen LogP contribution is 2.33. The van der Waals surface area contributed by atoms with Gasteiger partial charge in [-0.05, 0) is 29.7 Å². The molecule has 0 radical (unpaired) electrons. The summed E-state index contributed by atoms with van der Waals surface area (Å²) in [7, 11) is 0. The van der Waals surface area contributed by atoms with Crippen LogP contribution in [0.2, 0.25) is 0 Å². The summed E-state index contributed by atoms with van der Waals surface area (Å²) in [6.07, 6.45) is 5.10. The molecule has 0 aliphatic rings. The van der Waals surface area contributed by atoms with E-state index in [2.05, 4.69) is 0 Å². The molecule has 0 aromatic heterocycles. The van der Waals surface area contributed by atoms with E-state index in [-0.39, 0.29) is 11.8 Å². The van der Waals surface area contributed by atoms with Crippen molar-refractivity contribution >= 4 is 47.3 Å². The van der Waals surface area contributed by atoms with Crippen molar-refractivity contribution in [2.45, 2.75) is 19.8 Å². The molecule has 4 nitrogen and oxygen atoms in total. The summed E-state index contributed by atoms with van der Waals surface area (Å²) in [5.74, 6) is -1.04. The molecule has 0 unspecified atom stereocenters. The van der Waals surface area contributed by atoms with Gasteiger partial charge < -0.3 is 9.47 Å². The molecule has 142 valence electrons. The Kier molecular flexibility index (Phi) is 8.37. The SMILES string of the molecule is CCCc1c(OC(=O)CCl)cc(C=Cc2ccccc2)cc1OC(=O)CCl. The van der Waals surface area contributed by atoms with Gasteiger partial charge in [-0.1, -0.05) is 55.8 Å². The molecule has 0 spiro atoms. The van der Waals surface area contributed by atoms with Gasteiger partial charge in [-0.2, -0.15) is 0 Å². The first kappa shape index (κ1) is 21.0. The second-order valence-corrected chi connectivity index (χ2v) is 6.24. The lowest BCUT2D eigenvalue weighted by Crippen LogP contribution is -2.14. The molecule has 0 atom stereocenters. The van der Waals surface area contributed by atoms with E-state index < -0.39 is 11.9 Å². The minimum Gasteiger partial charge on any atom is -0.425 e. The van der Waals surface area contributed by atoms with Crippen molar-refractivity contribution in [2.24, 2.45) is 0 Å². The molecule has 2 aromatic rings. The second kappa shape index (κ2) is 10.8. The van der Waals surface area contributed by atoms with Crippen LogP contribution in [0.25, 0.3) is 12.2 Å². The van der Waals surface area contributed by atoms with Gasteiger partial charge in [0.05, 0.1) is 0 Å². The molecule has 27 heavy (non-hydrogen) atoms. The molecular weight excluding hydrogens is 387 g/mol. The fourth-order valence-corrected chi connectivity index (χ4v) is 2.58. The zero-order valence-electron chi connectivity index (χ0n) is 14.9. The number of carbonyl (C=O) groups is 2. The molecular formula is C21H20Cl2O4. The highest BCUT2D eigenvalue weighted by Gasteiger charge is 2.17. The summed E-state index contributed by atoms with van der Waals surface area (Å²) in [5.41, 5.74) is 2.36. The topological polar surface area (TPSA) is 52.6 Å². The fraction of sp³-hybridized carbons (Fsp3) is 0.238. The molecule has 0 saturated carbocycles. The maximum absolute atomic E-state index is 11.7. The van der Waals surface area contributed by atoms with Crippen LogP contribution in [0.5, 0.6) is 11.5 Å². The van der Waals surface area contributed by atoms with Crippen molar-refractivity contribution in [3.05, 3.63) is 59.2 Å². The first-order valence-corrected chi connectivity index (χ1v) is 9.57. The Hall–Kier alpha value is -2.30. The predicted molar refractivity (Wildman–Crippen MR) is 109 cm³/mol. The zero-order valence-corrected chi connectivity index (χ0v) is 16.4. The lowest BCUT2D eigenvalue weighted by molar-refractivity contribution is -0.132. The normalized spacial score (nSPS) is 10.8. The van der Waals surface area contributed by atoms with E-state index in [1.54, 1.807) is 12.1 Å². The van der Waals surface area contributed by atoms with Gasteiger partial charge in [0.15, 0.2) is 0 Å². The van der Waals surface area contributed by atoms with Crippen LogP contribution in [0.3, 0.4) is 0 Å². The predicted octanol–water partition coefficient (Wildman–Crippen LogP) is 5.10. The van der Waals surface area contributed by atoms with Crippen LogP contribution in [0.4, 0.5) is 0 Å². The third-order valence-electron chi connectivity index (χ3n) is 3.62. The van der Waals surface area contributed by atoms with E-state index in [9.17, 15) is 9.59 Å². The summed E-state index contributed by atoms with van der Waals surface area (Å²) in [4.78, 5) is 23.4. The minimum absolute atomic E-state index is 0.271. The van der Waals surface area contributed by atoms with Crippen molar-refractivity contribution in [3.8, 4) is 11.5 Å². The lowest BCUT2D eigenvalue weighted by Gasteiger charge is -2.15. The molecule has 0 amide bonds. The van der Waals surface area contributed by atoms with Crippen molar-refractivity contribution in [3.63, 3.8) is 0 Å². The van der Waals surface area contributed by atoms with E-state index in [4.69, 9.17) is 32.7 Å². The van der Waals surface area contributed by atoms with Crippen LogP contribution in [0, 0.1) is 0 Å². The first-order chi connectivity index (χ1) is 13.1. The number of hydrogen-bond acceptors (Lipinski definition) is 4.